The van der Waals surface area contributed by atoms with E-state index in [0.717, 1.165) is 17.2 Å². The molecule has 0 atom stereocenters. The lowest BCUT2D eigenvalue weighted by Crippen LogP contribution is -2.35. The minimum absolute atomic E-state index is 0.159. The molecule has 206 valence electrons. The number of fused-ring (bicyclic) bond motifs is 1. The standard InChI is InChI=1S/C32H22Cl2F2N2O3/c33-24-9-18(10-25(34)15-24)17-38-8-5-20-11-21(22-12-26(35)16-27(36)13-22)14-28(29(20)38)30(39)37-32(6-7-32)23-3-1-19(2-4-23)31(40)41/h1-5,8-16H,6-7,17H2,(H,37,39)(H,40,41). The van der Waals surface area contributed by atoms with E-state index in [-0.39, 0.29) is 11.5 Å². The molecule has 0 unspecified atom stereocenters. The Morgan fingerprint density at radius 2 is 1.49 bits per heavy atom. The van der Waals surface area contributed by atoms with Crippen LogP contribution < -0.4 is 5.32 Å². The third-order valence-corrected chi connectivity index (χ3v) is 7.80. The van der Waals surface area contributed by atoms with Crippen LogP contribution in [0.15, 0.2) is 85.1 Å². The van der Waals surface area contributed by atoms with Crippen molar-refractivity contribution < 1.29 is 23.5 Å². The first-order valence-electron chi connectivity index (χ1n) is 12.8. The molecule has 41 heavy (non-hydrogen) atoms. The smallest absolute Gasteiger partial charge is 0.335 e. The quantitative estimate of drug-likeness (QED) is 0.201. The Labute approximate surface area is 243 Å². The number of carboxylic acids is 1. The second-order valence-electron chi connectivity index (χ2n) is 10.3. The summed E-state index contributed by atoms with van der Waals surface area (Å²) in [6, 6.07) is 20.2. The van der Waals surface area contributed by atoms with Crippen LogP contribution in [-0.4, -0.2) is 21.6 Å². The number of carboxylic acid groups (broad SMARTS) is 1. The second-order valence-corrected chi connectivity index (χ2v) is 11.1. The van der Waals surface area contributed by atoms with Gasteiger partial charge < -0.3 is 15.0 Å². The SMILES string of the molecule is O=C(O)c1ccc(C2(NC(=O)c3cc(-c4cc(F)cc(F)c4)cc4ccn(Cc5cc(Cl)cc(Cl)c5)c34)CC2)cc1. The van der Waals surface area contributed by atoms with Crippen molar-refractivity contribution in [1.29, 1.82) is 0 Å². The van der Waals surface area contributed by atoms with Crippen molar-refractivity contribution in [3.05, 3.63) is 129 Å². The van der Waals surface area contributed by atoms with Crippen molar-refractivity contribution >= 4 is 46.0 Å². The largest absolute Gasteiger partial charge is 0.478 e. The first-order chi connectivity index (χ1) is 19.6. The van der Waals surface area contributed by atoms with Crippen LogP contribution in [0.1, 0.15) is 44.7 Å². The van der Waals surface area contributed by atoms with Gasteiger partial charge in [0.05, 0.1) is 22.2 Å². The summed E-state index contributed by atoms with van der Waals surface area (Å²) in [6.45, 7) is 0.375. The first kappa shape index (κ1) is 27.0. The lowest BCUT2D eigenvalue weighted by molar-refractivity contribution is 0.0696. The molecule has 0 bridgehead atoms. The number of hydrogen-bond donors (Lipinski definition) is 2. The molecule has 1 fully saturated rings. The summed E-state index contributed by atoms with van der Waals surface area (Å²) in [5.74, 6) is -2.83. The molecule has 5 nitrogen and oxygen atoms in total. The highest BCUT2D eigenvalue weighted by atomic mass is 35.5. The summed E-state index contributed by atoms with van der Waals surface area (Å²) in [5.41, 5.74) is 2.91. The molecule has 2 N–H and O–H groups in total. The average molecular weight is 591 g/mol. The van der Waals surface area contributed by atoms with Crippen molar-refractivity contribution in [3.63, 3.8) is 0 Å². The van der Waals surface area contributed by atoms with E-state index in [9.17, 15) is 23.5 Å². The number of halogens is 4. The summed E-state index contributed by atoms with van der Waals surface area (Å²) in [5, 5.41) is 14.1. The van der Waals surface area contributed by atoms with E-state index in [1.165, 1.54) is 24.3 Å². The number of nitrogens with one attached hydrogen (secondary N) is 1. The predicted octanol–water partition coefficient (Wildman–Crippen LogP) is 8.06. The Morgan fingerprint density at radius 1 is 0.854 bits per heavy atom. The molecule has 1 amide bonds. The predicted molar refractivity (Wildman–Crippen MR) is 155 cm³/mol. The zero-order valence-electron chi connectivity index (χ0n) is 21.4. The van der Waals surface area contributed by atoms with Crippen molar-refractivity contribution in [2.75, 3.05) is 0 Å². The minimum Gasteiger partial charge on any atom is -0.478 e. The van der Waals surface area contributed by atoms with Crippen LogP contribution >= 0.6 is 23.2 Å². The second kappa shape index (κ2) is 10.3. The lowest BCUT2D eigenvalue weighted by atomic mass is 9.98. The summed E-state index contributed by atoms with van der Waals surface area (Å²) >= 11 is 12.4. The van der Waals surface area contributed by atoms with Gasteiger partial charge in [0.2, 0.25) is 0 Å². The van der Waals surface area contributed by atoms with Crippen LogP contribution in [0.25, 0.3) is 22.0 Å². The maximum absolute atomic E-state index is 14.1. The average Bonchev–Trinajstić information content (AvgIpc) is 3.59. The van der Waals surface area contributed by atoms with Crippen LogP contribution in [0, 0.1) is 11.6 Å². The summed E-state index contributed by atoms with van der Waals surface area (Å²) in [7, 11) is 0. The van der Waals surface area contributed by atoms with Gasteiger partial charge in [-0.05, 0) is 95.8 Å². The zero-order chi connectivity index (χ0) is 28.9. The molecule has 1 aliphatic carbocycles. The van der Waals surface area contributed by atoms with Gasteiger partial charge in [0, 0.05) is 34.2 Å². The van der Waals surface area contributed by atoms with E-state index in [4.69, 9.17) is 23.2 Å². The van der Waals surface area contributed by atoms with E-state index in [0.29, 0.717) is 57.0 Å². The highest BCUT2D eigenvalue weighted by molar-refractivity contribution is 6.34. The van der Waals surface area contributed by atoms with E-state index in [1.54, 1.807) is 42.5 Å². The van der Waals surface area contributed by atoms with Crippen LogP contribution in [0.2, 0.25) is 10.0 Å². The zero-order valence-corrected chi connectivity index (χ0v) is 22.9. The Bertz CT molecular complexity index is 1810. The topological polar surface area (TPSA) is 71.3 Å². The molecule has 0 aliphatic heterocycles. The van der Waals surface area contributed by atoms with Gasteiger partial charge in [-0.2, -0.15) is 0 Å². The van der Waals surface area contributed by atoms with Crippen LogP contribution in [0.3, 0.4) is 0 Å². The van der Waals surface area contributed by atoms with Crippen molar-refractivity contribution in [2.24, 2.45) is 0 Å². The van der Waals surface area contributed by atoms with E-state index in [2.05, 4.69) is 5.32 Å². The molecule has 1 saturated carbocycles. The Kier molecular flexibility index (Phi) is 6.80. The summed E-state index contributed by atoms with van der Waals surface area (Å²) in [6.07, 6.45) is 3.21. The number of aromatic carboxylic acids is 1. The maximum atomic E-state index is 14.1. The molecule has 9 heteroatoms. The Morgan fingerprint density at radius 3 is 2.10 bits per heavy atom. The summed E-state index contributed by atoms with van der Waals surface area (Å²) < 4.78 is 30.1. The highest BCUT2D eigenvalue weighted by Crippen LogP contribution is 2.46. The fraction of sp³-hybridized carbons (Fsp3) is 0.125. The number of rotatable bonds is 7. The van der Waals surface area contributed by atoms with Crippen molar-refractivity contribution in [3.8, 4) is 11.1 Å². The number of benzene rings is 4. The highest BCUT2D eigenvalue weighted by Gasteiger charge is 2.46. The van der Waals surface area contributed by atoms with E-state index < -0.39 is 23.1 Å². The fourth-order valence-corrected chi connectivity index (χ4v) is 5.84. The van der Waals surface area contributed by atoms with E-state index >= 15 is 0 Å². The van der Waals surface area contributed by atoms with Crippen LogP contribution in [-0.2, 0) is 12.1 Å². The summed E-state index contributed by atoms with van der Waals surface area (Å²) in [4.78, 5) is 25.3. The molecule has 0 saturated heterocycles. The van der Waals surface area contributed by atoms with Gasteiger partial charge >= 0.3 is 5.97 Å². The first-order valence-corrected chi connectivity index (χ1v) is 13.6. The van der Waals surface area contributed by atoms with Gasteiger partial charge in [0.1, 0.15) is 11.6 Å². The van der Waals surface area contributed by atoms with Gasteiger partial charge in [-0.3, -0.25) is 4.79 Å². The number of hydrogen-bond acceptors (Lipinski definition) is 2. The number of carbonyl (C=O) groups is 2. The number of nitrogens with zero attached hydrogens (tertiary/aromatic N) is 1. The number of aromatic nitrogens is 1. The Balaban J connectivity index is 1.44. The molecular weight excluding hydrogens is 569 g/mol. The third kappa shape index (κ3) is 5.43. The molecule has 5 aromatic rings. The van der Waals surface area contributed by atoms with Gasteiger partial charge in [-0.15, -0.1) is 0 Å². The fourth-order valence-electron chi connectivity index (χ4n) is 5.27. The number of carbonyl (C=O) groups excluding carboxylic acids is 1. The van der Waals surface area contributed by atoms with Crippen molar-refractivity contribution in [1.82, 2.24) is 9.88 Å². The van der Waals surface area contributed by atoms with Gasteiger partial charge in [-0.25, -0.2) is 13.6 Å². The molecular formula is C32H22Cl2F2N2O3. The molecule has 1 aliphatic rings. The molecule has 1 aromatic heterocycles. The Hall–Kier alpha value is -4.20. The molecule has 1 heterocycles. The van der Waals surface area contributed by atoms with Gasteiger partial charge in [0.15, 0.2) is 0 Å². The number of amides is 1. The van der Waals surface area contributed by atoms with Crippen LogP contribution in [0.5, 0.6) is 0 Å². The minimum atomic E-state index is -1.03. The van der Waals surface area contributed by atoms with E-state index in [1.807, 2.05) is 16.8 Å². The van der Waals surface area contributed by atoms with Crippen LogP contribution in [0.4, 0.5) is 8.78 Å². The lowest BCUT2D eigenvalue weighted by Gasteiger charge is -2.20. The molecule has 0 radical (unpaired) electrons. The molecule has 4 aromatic carbocycles. The van der Waals surface area contributed by atoms with Gasteiger partial charge in [0.25, 0.3) is 5.91 Å². The normalized spacial score (nSPS) is 13.8. The molecule has 0 spiro atoms. The monoisotopic (exact) mass is 590 g/mol. The third-order valence-electron chi connectivity index (χ3n) is 7.36. The van der Waals surface area contributed by atoms with Gasteiger partial charge in [-0.1, -0.05) is 35.3 Å². The maximum Gasteiger partial charge on any atom is 0.335 e. The molecule has 6 rings (SSSR count). The van der Waals surface area contributed by atoms with Crippen molar-refractivity contribution in [2.45, 2.75) is 24.9 Å².